The van der Waals surface area contributed by atoms with Crippen molar-refractivity contribution >= 4 is 0 Å². The molecule has 0 aromatic carbocycles. The van der Waals surface area contributed by atoms with Crippen molar-refractivity contribution in [3.05, 3.63) is 25.3 Å². The van der Waals surface area contributed by atoms with E-state index in [4.69, 9.17) is 0 Å². The van der Waals surface area contributed by atoms with Crippen LogP contribution in [0.4, 0.5) is 0 Å². The van der Waals surface area contributed by atoms with E-state index in [-0.39, 0.29) is 0 Å². The second-order valence-electron chi connectivity index (χ2n) is 1.63. The molecule has 12 heavy (non-hydrogen) atoms. The fourth-order valence-corrected chi connectivity index (χ4v) is 0.616. The van der Waals surface area contributed by atoms with Gasteiger partial charge in [-0.1, -0.05) is 13.8 Å². The summed E-state index contributed by atoms with van der Waals surface area (Å²) in [5, 5.41) is 7.65. The predicted molar refractivity (Wildman–Crippen MR) is 42.2 cm³/mol. The van der Waals surface area contributed by atoms with Gasteiger partial charge in [-0.2, -0.15) is 0 Å². The highest BCUT2D eigenvalue weighted by Gasteiger charge is 1.90. The number of rotatable bonds is 1. The molecule has 0 aliphatic heterocycles. The topological polar surface area (TPSA) is 61.4 Å². The maximum atomic E-state index is 3.82. The minimum Gasteiger partial charge on any atom is -0.221 e. The summed E-state index contributed by atoms with van der Waals surface area (Å²) in [5.41, 5.74) is 0. The predicted octanol–water partition coefficient (Wildman–Crippen LogP) is 0.207. The maximum absolute atomic E-state index is 3.82. The van der Waals surface area contributed by atoms with Gasteiger partial charge in [0.2, 0.25) is 0 Å². The summed E-state index contributed by atoms with van der Waals surface area (Å²) < 4.78 is 0. The molecule has 0 unspecified atom stereocenters. The zero-order valence-electron chi connectivity index (χ0n) is 6.99. The van der Waals surface area contributed by atoms with E-state index in [1.807, 2.05) is 13.8 Å². The lowest BCUT2D eigenvalue weighted by Crippen LogP contribution is -2.09. The van der Waals surface area contributed by atoms with Gasteiger partial charge in [0.15, 0.2) is 0 Å². The van der Waals surface area contributed by atoms with E-state index in [9.17, 15) is 0 Å². The molecule has 0 radical (unpaired) electrons. The zero-order valence-corrected chi connectivity index (χ0v) is 6.99. The molecular weight excluding hydrogens is 156 g/mol. The van der Waals surface area contributed by atoms with E-state index < -0.39 is 0 Å². The molecule has 0 fully saturated rings. The van der Waals surface area contributed by atoms with Crippen LogP contribution in [0.15, 0.2) is 25.3 Å². The SMILES string of the molecule is CC.c1ncn(-n2cncn2)n1. The minimum absolute atomic E-state index is 1.43. The van der Waals surface area contributed by atoms with Crippen LogP contribution in [0.3, 0.4) is 0 Å². The second kappa shape index (κ2) is 4.22. The number of nitrogens with zero attached hydrogens (tertiary/aromatic N) is 6. The lowest BCUT2D eigenvalue weighted by molar-refractivity contribution is 0.505. The Kier molecular flexibility index (Phi) is 2.95. The first kappa shape index (κ1) is 8.38. The van der Waals surface area contributed by atoms with Crippen LogP contribution in [0.2, 0.25) is 0 Å². The van der Waals surface area contributed by atoms with Gasteiger partial charge in [0.05, 0.1) is 0 Å². The van der Waals surface area contributed by atoms with Crippen molar-refractivity contribution in [1.82, 2.24) is 29.7 Å². The van der Waals surface area contributed by atoms with Crippen LogP contribution in [0.5, 0.6) is 0 Å². The van der Waals surface area contributed by atoms with Gasteiger partial charge in [0.25, 0.3) is 0 Å². The third kappa shape index (κ3) is 1.66. The van der Waals surface area contributed by atoms with Crippen LogP contribution in [-0.2, 0) is 0 Å². The molecule has 0 aliphatic rings. The largest absolute Gasteiger partial charge is 0.221 e. The zero-order chi connectivity index (χ0) is 8.81. The number of aromatic nitrogens is 6. The molecule has 64 valence electrons. The average molecular weight is 166 g/mol. The molecule has 0 spiro atoms. The summed E-state index contributed by atoms with van der Waals surface area (Å²) in [6.45, 7) is 4.00. The van der Waals surface area contributed by atoms with E-state index in [1.54, 1.807) is 0 Å². The second-order valence-corrected chi connectivity index (χ2v) is 1.63. The van der Waals surface area contributed by atoms with Crippen LogP contribution in [0, 0.1) is 0 Å². The van der Waals surface area contributed by atoms with Crippen molar-refractivity contribution in [3.8, 4) is 0 Å². The highest BCUT2D eigenvalue weighted by Crippen LogP contribution is 1.79. The molecule has 2 heterocycles. The van der Waals surface area contributed by atoms with Crippen molar-refractivity contribution in [2.75, 3.05) is 0 Å². The normalized spacial score (nSPS) is 8.83. The van der Waals surface area contributed by atoms with Crippen LogP contribution in [-0.4, -0.2) is 29.7 Å². The summed E-state index contributed by atoms with van der Waals surface area (Å²) in [5.74, 6) is 0. The van der Waals surface area contributed by atoms with Crippen molar-refractivity contribution in [2.24, 2.45) is 0 Å². The Labute approximate surface area is 69.8 Å². The molecular formula is C6H10N6. The molecule has 6 nitrogen and oxygen atoms in total. The summed E-state index contributed by atoms with van der Waals surface area (Å²) in [6, 6.07) is 0. The van der Waals surface area contributed by atoms with Gasteiger partial charge < -0.3 is 0 Å². The van der Waals surface area contributed by atoms with Crippen LogP contribution < -0.4 is 0 Å². The van der Waals surface area contributed by atoms with Crippen molar-refractivity contribution < 1.29 is 0 Å². The molecule has 2 aromatic rings. The third-order valence-corrected chi connectivity index (χ3v) is 1.02. The monoisotopic (exact) mass is 166 g/mol. The highest BCUT2D eigenvalue weighted by atomic mass is 15.7. The van der Waals surface area contributed by atoms with Crippen molar-refractivity contribution in [3.63, 3.8) is 0 Å². The first-order valence-corrected chi connectivity index (χ1v) is 3.67. The minimum atomic E-state index is 1.43. The molecule has 0 saturated carbocycles. The molecule has 0 N–H and O–H groups in total. The molecule has 0 atom stereocenters. The highest BCUT2D eigenvalue weighted by molar-refractivity contribution is 4.60. The van der Waals surface area contributed by atoms with Crippen molar-refractivity contribution in [2.45, 2.75) is 13.8 Å². The summed E-state index contributed by atoms with van der Waals surface area (Å²) >= 11 is 0. The van der Waals surface area contributed by atoms with E-state index in [1.165, 1.54) is 34.9 Å². The average Bonchev–Trinajstić information content (AvgIpc) is 2.80. The molecule has 6 heteroatoms. The lowest BCUT2D eigenvalue weighted by Gasteiger charge is -1.93. The van der Waals surface area contributed by atoms with Crippen LogP contribution in [0.25, 0.3) is 0 Å². The van der Waals surface area contributed by atoms with Gasteiger partial charge in [-0.3, -0.25) is 0 Å². The smallest absolute Gasteiger partial charge is 0.139 e. The lowest BCUT2D eigenvalue weighted by atomic mass is 11.0. The fraction of sp³-hybridized carbons (Fsp3) is 0.333. The summed E-state index contributed by atoms with van der Waals surface area (Å²) in [6.07, 6.45) is 5.94. The molecule has 0 saturated heterocycles. The Morgan fingerprint density at radius 1 is 0.833 bits per heavy atom. The Hall–Kier alpha value is -1.72. The summed E-state index contributed by atoms with van der Waals surface area (Å²) in [7, 11) is 0. The molecule has 0 bridgehead atoms. The fourth-order valence-electron chi connectivity index (χ4n) is 0.616. The number of hydrogen-bond donors (Lipinski definition) is 0. The molecule has 0 aliphatic carbocycles. The standard InChI is InChI=1S/C4H4N6.C2H6/c1-5-3-9(7-1)10-4-6-2-8-10;1-2/h1-4H;1-2H3. The molecule has 0 amide bonds. The maximum Gasteiger partial charge on any atom is 0.139 e. The first-order chi connectivity index (χ1) is 5.97. The van der Waals surface area contributed by atoms with E-state index in [0.717, 1.165) is 0 Å². The van der Waals surface area contributed by atoms with Gasteiger partial charge in [-0.25, -0.2) is 9.97 Å². The van der Waals surface area contributed by atoms with Crippen molar-refractivity contribution in [1.29, 1.82) is 0 Å². The number of hydrogen-bond acceptors (Lipinski definition) is 4. The third-order valence-electron chi connectivity index (χ3n) is 1.02. The Morgan fingerprint density at radius 2 is 1.25 bits per heavy atom. The van der Waals surface area contributed by atoms with Gasteiger partial charge in [0.1, 0.15) is 25.3 Å². The summed E-state index contributed by atoms with van der Waals surface area (Å²) in [4.78, 5) is 10.4. The molecule has 2 rings (SSSR count). The van der Waals surface area contributed by atoms with Gasteiger partial charge in [-0.05, 0) is 0 Å². The van der Waals surface area contributed by atoms with E-state index in [0.29, 0.717) is 0 Å². The Bertz CT molecular complexity index is 251. The van der Waals surface area contributed by atoms with Crippen LogP contribution in [0.1, 0.15) is 13.8 Å². The van der Waals surface area contributed by atoms with E-state index in [2.05, 4.69) is 20.2 Å². The Balaban J connectivity index is 0.000000336. The van der Waals surface area contributed by atoms with Crippen LogP contribution >= 0.6 is 0 Å². The first-order valence-electron chi connectivity index (χ1n) is 3.67. The van der Waals surface area contributed by atoms with Gasteiger partial charge in [0, 0.05) is 0 Å². The Morgan fingerprint density at radius 3 is 1.50 bits per heavy atom. The quantitative estimate of drug-likeness (QED) is 0.607. The van der Waals surface area contributed by atoms with Gasteiger partial charge >= 0.3 is 0 Å². The molecule has 2 aromatic heterocycles. The van der Waals surface area contributed by atoms with E-state index >= 15 is 0 Å². The van der Waals surface area contributed by atoms with Gasteiger partial charge in [-0.15, -0.1) is 19.8 Å².